The zero-order valence-corrected chi connectivity index (χ0v) is 12.5. The SMILES string of the molecule is CCCOc1ccc(C(C)Nc2ccc(C#N)cc2)cc1. The normalized spacial score (nSPS) is 11.5. The minimum Gasteiger partial charge on any atom is -0.494 e. The van der Waals surface area contributed by atoms with E-state index >= 15 is 0 Å². The van der Waals surface area contributed by atoms with E-state index in [1.165, 1.54) is 5.56 Å². The fraction of sp³-hybridized carbons (Fsp3) is 0.278. The molecule has 2 aromatic carbocycles. The summed E-state index contributed by atoms with van der Waals surface area (Å²) in [5.41, 5.74) is 2.88. The topological polar surface area (TPSA) is 45.0 Å². The molecule has 0 aliphatic heterocycles. The summed E-state index contributed by atoms with van der Waals surface area (Å²) < 4.78 is 5.58. The Morgan fingerprint density at radius 3 is 2.33 bits per heavy atom. The minimum absolute atomic E-state index is 0.193. The second-order valence-corrected chi connectivity index (χ2v) is 4.97. The fourth-order valence-corrected chi connectivity index (χ4v) is 2.05. The molecule has 3 heteroatoms. The number of benzene rings is 2. The molecule has 0 fully saturated rings. The van der Waals surface area contributed by atoms with E-state index in [9.17, 15) is 0 Å². The number of rotatable bonds is 6. The van der Waals surface area contributed by atoms with Gasteiger partial charge in [-0.05, 0) is 55.3 Å². The highest BCUT2D eigenvalue weighted by molar-refractivity contribution is 5.49. The third-order valence-electron chi connectivity index (χ3n) is 3.25. The summed E-state index contributed by atoms with van der Waals surface area (Å²) >= 11 is 0. The molecule has 0 saturated carbocycles. The van der Waals surface area contributed by atoms with Crippen LogP contribution in [-0.2, 0) is 0 Å². The van der Waals surface area contributed by atoms with Crippen LogP contribution in [-0.4, -0.2) is 6.61 Å². The summed E-state index contributed by atoms with van der Waals surface area (Å²) in [5.74, 6) is 0.908. The third-order valence-corrected chi connectivity index (χ3v) is 3.25. The van der Waals surface area contributed by atoms with Gasteiger partial charge in [0.1, 0.15) is 5.75 Å². The van der Waals surface area contributed by atoms with Gasteiger partial charge < -0.3 is 10.1 Å². The maximum Gasteiger partial charge on any atom is 0.119 e. The lowest BCUT2D eigenvalue weighted by molar-refractivity contribution is 0.317. The molecule has 0 amide bonds. The summed E-state index contributed by atoms with van der Waals surface area (Å²) in [6.07, 6.45) is 1.01. The average Bonchev–Trinajstić information content (AvgIpc) is 2.54. The predicted octanol–water partition coefficient (Wildman–Crippen LogP) is 4.52. The number of anilines is 1. The molecule has 1 unspecified atom stereocenters. The molecule has 0 saturated heterocycles. The van der Waals surface area contributed by atoms with Gasteiger partial charge in [0.15, 0.2) is 0 Å². The molecule has 2 rings (SSSR count). The molecule has 0 spiro atoms. The molecule has 3 nitrogen and oxygen atoms in total. The van der Waals surface area contributed by atoms with Crippen molar-refractivity contribution in [1.82, 2.24) is 0 Å². The van der Waals surface area contributed by atoms with Gasteiger partial charge in [0.2, 0.25) is 0 Å². The van der Waals surface area contributed by atoms with E-state index in [0.29, 0.717) is 5.56 Å². The number of nitriles is 1. The standard InChI is InChI=1S/C18H20N2O/c1-3-12-21-18-10-6-16(7-11-18)14(2)20-17-8-4-15(13-19)5-9-17/h4-11,14,20H,3,12H2,1-2H3. The Kier molecular flexibility index (Phi) is 5.22. The van der Waals surface area contributed by atoms with Gasteiger partial charge >= 0.3 is 0 Å². The molecule has 21 heavy (non-hydrogen) atoms. The molecule has 0 bridgehead atoms. The van der Waals surface area contributed by atoms with Gasteiger partial charge in [-0.15, -0.1) is 0 Å². The van der Waals surface area contributed by atoms with Crippen LogP contribution in [0.25, 0.3) is 0 Å². The molecule has 0 aliphatic carbocycles. The van der Waals surface area contributed by atoms with Crippen LogP contribution < -0.4 is 10.1 Å². The van der Waals surface area contributed by atoms with Crippen molar-refractivity contribution in [3.05, 3.63) is 59.7 Å². The first-order chi connectivity index (χ1) is 10.2. The van der Waals surface area contributed by atoms with E-state index < -0.39 is 0 Å². The second-order valence-electron chi connectivity index (χ2n) is 4.97. The number of nitrogens with one attached hydrogen (secondary N) is 1. The van der Waals surface area contributed by atoms with Crippen LogP contribution in [0.5, 0.6) is 5.75 Å². The lowest BCUT2D eigenvalue weighted by Crippen LogP contribution is -2.06. The minimum atomic E-state index is 0.193. The number of nitrogens with zero attached hydrogens (tertiary/aromatic N) is 1. The Morgan fingerprint density at radius 1 is 1.10 bits per heavy atom. The second kappa shape index (κ2) is 7.35. The van der Waals surface area contributed by atoms with Crippen LogP contribution in [0.4, 0.5) is 5.69 Å². The quantitative estimate of drug-likeness (QED) is 0.846. The van der Waals surface area contributed by atoms with Gasteiger partial charge in [-0.25, -0.2) is 0 Å². The summed E-state index contributed by atoms with van der Waals surface area (Å²) in [7, 11) is 0. The van der Waals surface area contributed by atoms with Gasteiger partial charge in [-0.3, -0.25) is 0 Å². The van der Waals surface area contributed by atoms with E-state index in [-0.39, 0.29) is 6.04 Å². The summed E-state index contributed by atoms with van der Waals surface area (Å²) in [4.78, 5) is 0. The molecule has 1 N–H and O–H groups in total. The Bertz CT molecular complexity index is 597. The lowest BCUT2D eigenvalue weighted by atomic mass is 10.1. The predicted molar refractivity (Wildman–Crippen MR) is 85.4 cm³/mol. The molecule has 2 aromatic rings. The molecule has 0 aliphatic rings. The average molecular weight is 280 g/mol. The molecule has 0 radical (unpaired) electrons. The lowest BCUT2D eigenvalue weighted by Gasteiger charge is -2.16. The smallest absolute Gasteiger partial charge is 0.119 e. The highest BCUT2D eigenvalue weighted by Gasteiger charge is 2.05. The molecular weight excluding hydrogens is 260 g/mol. The number of hydrogen-bond acceptors (Lipinski definition) is 3. The zero-order chi connectivity index (χ0) is 15.1. The van der Waals surface area contributed by atoms with Crippen molar-refractivity contribution < 1.29 is 4.74 Å². The van der Waals surface area contributed by atoms with Crippen molar-refractivity contribution in [2.45, 2.75) is 26.3 Å². The van der Waals surface area contributed by atoms with Gasteiger partial charge in [0, 0.05) is 11.7 Å². The van der Waals surface area contributed by atoms with E-state index in [1.807, 2.05) is 36.4 Å². The van der Waals surface area contributed by atoms with Crippen LogP contribution in [0.1, 0.15) is 37.4 Å². The maximum atomic E-state index is 8.79. The fourth-order valence-electron chi connectivity index (χ4n) is 2.05. The van der Waals surface area contributed by atoms with Crippen molar-refractivity contribution in [2.75, 3.05) is 11.9 Å². The van der Waals surface area contributed by atoms with Crippen LogP contribution in [0.3, 0.4) is 0 Å². The van der Waals surface area contributed by atoms with E-state index in [4.69, 9.17) is 10.00 Å². The number of hydrogen-bond donors (Lipinski definition) is 1. The van der Waals surface area contributed by atoms with Crippen molar-refractivity contribution in [2.24, 2.45) is 0 Å². The number of ether oxygens (including phenoxy) is 1. The molecule has 0 aromatic heterocycles. The van der Waals surface area contributed by atoms with E-state index in [1.54, 1.807) is 0 Å². The van der Waals surface area contributed by atoms with Crippen LogP contribution in [0.15, 0.2) is 48.5 Å². The Balaban J connectivity index is 1.98. The maximum absolute atomic E-state index is 8.79. The van der Waals surface area contributed by atoms with E-state index in [2.05, 4.69) is 37.4 Å². The molecule has 108 valence electrons. The van der Waals surface area contributed by atoms with Gasteiger partial charge in [0.05, 0.1) is 18.2 Å². The zero-order valence-electron chi connectivity index (χ0n) is 12.5. The molecule has 1 atom stereocenters. The summed E-state index contributed by atoms with van der Waals surface area (Å²) in [6, 6.07) is 17.9. The Morgan fingerprint density at radius 2 is 1.76 bits per heavy atom. The summed E-state index contributed by atoms with van der Waals surface area (Å²) in [5, 5.41) is 12.2. The first-order valence-corrected chi connectivity index (χ1v) is 7.22. The highest BCUT2D eigenvalue weighted by atomic mass is 16.5. The first kappa shape index (κ1) is 14.9. The Hall–Kier alpha value is -2.47. The van der Waals surface area contributed by atoms with Gasteiger partial charge in [-0.2, -0.15) is 5.26 Å². The molecular formula is C18H20N2O. The van der Waals surface area contributed by atoms with Crippen molar-refractivity contribution in [3.63, 3.8) is 0 Å². The highest BCUT2D eigenvalue weighted by Crippen LogP contribution is 2.22. The van der Waals surface area contributed by atoms with Crippen LogP contribution in [0.2, 0.25) is 0 Å². The third kappa shape index (κ3) is 4.25. The van der Waals surface area contributed by atoms with Crippen molar-refractivity contribution in [3.8, 4) is 11.8 Å². The van der Waals surface area contributed by atoms with Crippen molar-refractivity contribution >= 4 is 5.69 Å². The molecule has 0 heterocycles. The first-order valence-electron chi connectivity index (χ1n) is 7.22. The van der Waals surface area contributed by atoms with Crippen molar-refractivity contribution in [1.29, 1.82) is 5.26 Å². The van der Waals surface area contributed by atoms with Crippen LogP contribution >= 0.6 is 0 Å². The monoisotopic (exact) mass is 280 g/mol. The Labute approximate surface area is 126 Å². The largest absolute Gasteiger partial charge is 0.494 e. The summed E-state index contributed by atoms with van der Waals surface area (Å²) in [6.45, 7) is 4.95. The van der Waals surface area contributed by atoms with Gasteiger partial charge in [-0.1, -0.05) is 19.1 Å². The van der Waals surface area contributed by atoms with Gasteiger partial charge in [0.25, 0.3) is 0 Å². The van der Waals surface area contributed by atoms with Crippen LogP contribution in [0, 0.1) is 11.3 Å². The van der Waals surface area contributed by atoms with E-state index in [0.717, 1.165) is 24.5 Å².